The van der Waals surface area contributed by atoms with Gasteiger partial charge < -0.3 is 18.9 Å². The van der Waals surface area contributed by atoms with Gasteiger partial charge in [-0.1, -0.05) is 0 Å². The molecule has 0 radical (unpaired) electrons. The Morgan fingerprint density at radius 1 is 0.559 bits per heavy atom. The molecule has 5 nitrogen and oxygen atoms in total. The van der Waals surface area contributed by atoms with Crippen molar-refractivity contribution in [3.05, 3.63) is 47.5 Å². The molecule has 0 saturated heterocycles. The van der Waals surface area contributed by atoms with Crippen molar-refractivity contribution in [3.8, 4) is 23.0 Å². The molecular weight excluding hydrogens is 512 g/mol. The number of benzene rings is 2. The highest BCUT2D eigenvalue weighted by atomic mass is 19.4. The summed E-state index contributed by atoms with van der Waals surface area (Å²) < 4.78 is 167. The lowest BCUT2D eigenvalue weighted by Gasteiger charge is -2.17. The molecule has 0 aliphatic rings. The van der Waals surface area contributed by atoms with Gasteiger partial charge in [0, 0.05) is 0 Å². The van der Waals surface area contributed by atoms with E-state index in [4.69, 9.17) is 0 Å². The van der Waals surface area contributed by atoms with E-state index >= 15 is 0 Å². The molecule has 0 spiro atoms. The zero-order chi connectivity index (χ0) is 26.1. The summed E-state index contributed by atoms with van der Waals surface area (Å²) in [5.74, 6) is -5.67. The second kappa shape index (κ2) is 9.02. The van der Waals surface area contributed by atoms with E-state index < -0.39 is 65.4 Å². The lowest BCUT2D eigenvalue weighted by Crippen LogP contribution is -2.21. The van der Waals surface area contributed by atoms with Crippen molar-refractivity contribution >= 4 is 6.16 Å². The number of carbonyl (C=O) groups is 1. The monoisotopic (exact) mass is 518 g/mol. The van der Waals surface area contributed by atoms with E-state index in [2.05, 4.69) is 18.9 Å². The zero-order valence-corrected chi connectivity index (χ0v) is 15.5. The Morgan fingerprint density at radius 3 is 1.15 bits per heavy atom. The van der Waals surface area contributed by atoms with Crippen LogP contribution in [0.25, 0.3) is 0 Å². The van der Waals surface area contributed by atoms with Crippen LogP contribution in [-0.2, 0) is 12.4 Å². The van der Waals surface area contributed by atoms with Gasteiger partial charge in [0.05, 0.1) is 0 Å². The SMILES string of the molecule is O=C(Oc1ccc(OC(F)(F)F)cc1C(F)(F)F)Oc1ccc(OC(F)(F)F)cc1C(F)(F)F. The maximum absolute atomic E-state index is 13.1. The summed E-state index contributed by atoms with van der Waals surface area (Å²) in [5.41, 5.74) is -3.98. The molecule has 0 saturated carbocycles. The number of hydrogen-bond acceptors (Lipinski definition) is 5. The van der Waals surface area contributed by atoms with E-state index in [0.717, 1.165) is 0 Å². The number of alkyl halides is 12. The summed E-state index contributed by atoms with van der Waals surface area (Å²) in [6, 6.07) is 0.568. The van der Waals surface area contributed by atoms with Crippen molar-refractivity contribution in [1.82, 2.24) is 0 Å². The lowest BCUT2D eigenvalue weighted by molar-refractivity contribution is -0.275. The summed E-state index contributed by atoms with van der Waals surface area (Å²) >= 11 is 0. The molecule has 0 bridgehead atoms. The molecule has 188 valence electrons. The van der Waals surface area contributed by atoms with Crippen molar-refractivity contribution in [2.45, 2.75) is 25.1 Å². The molecule has 0 fully saturated rings. The van der Waals surface area contributed by atoms with Gasteiger partial charge in [-0.25, -0.2) is 4.79 Å². The lowest BCUT2D eigenvalue weighted by atomic mass is 10.2. The van der Waals surface area contributed by atoms with E-state index in [1.165, 1.54) is 0 Å². The van der Waals surface area contributed by atoms with E-state index in [-0.39, 0.29) is 24.3 Å². The Hall–Kier alpha value is -3.53. The molecule has 0 aliphatic heterocycles. The van der Waals surface area contributed by atoms with Gasteiger partial charge >= 0.3 is 31.2 Å². The van der Waals surface area contributed by atoms with Crippen LogP contribution in [0.3, 0.4) is 0 Å². The van der Waals surface area contributed by atoms with Crippen molar-refractivity contribution < 1.29 is 76.4 Å². The van der Waals surface area contributed by atoms with E-state index in [1.807, 2.05) is 0 Å². The third-order valence-corrected chi connectivity index (χ3v) is 3.37. The van der Waals surface area contributed by atoms with Crippen LogP contribution < -0.4 is 18.9 Å². The first kappa shape index (κ1) is 26.7. The molecule has 0 amide bonds. The van der Waals surface area contributed by atoms with Crippen molar-refractivity contribution in [1.29, 1.82) is 0 Å². The zero-order valence-electron chi connectivity index (χ0n) is 15.5. The summed E-state index contributed by atoms with van der Waals surface area (Å²) in [4.78, 5) is 11.8. The Labute approximate surface area is 179 Å². The minimum atomic E-state index is -5.42. The normalized spacial score (nSPS) is 12.8. The van der Waals surface area contributed by atoms with Crippen LogP contribution in [0.15, 0.2) is 36.4 Å². The summed E-state index contributed by atoms with van der Waals surface area (Å²) in [5, 5.41) is 0. The van der Waals surface area contributed by atoms with Gasteiger partial charge in [-0.15, -0.1) is 26.3 Å². The maximum atomic E-state index is 13.1. The van der Waals surface area contributed by atoms with Crippen molar-refractivity contribution in [2.75, 3.05) is 0 Å². The van der Waals surface area contributed by atoms with Gasteiger partial charge in [0.15, 0.2) is 0 Å². The largest absolute Gasteiger partial charge is 0.573 e. The summed E-state index contributed by atoms with van der Waals surface area (Å²) in [6.07, 6.45) is -23.8. The highest BCUT2D eigenvalue weighted by Gasteiger charge is 2.40. The van der Waals surface area contributed by atoms with Gasteiger partial charge in [-0.05, 0) is 36.4 Å². The third kappa shape index (κ3) is 7.80. The number of ether oxygens (including phenoxy) is 4. The second-order valence-corrected chi connectivity index (χ2v) is 5.86. The first-order chi connectivity index (χ1) is 15.2. The minimum absolute atomic E-state index is 0.191. The Bertz CT molecular complexity index is 956. The van der Waals surface area contributed by atoms with Crippen molar-refractivity contribution in [2.24, 2.45) is 0 Å². The minimum Gasteiger partial charge on any atom is -0.406 e. The molecule has 17 heteroatoms. The average Bonchev–Trinajstić information content (AvgIpc) is 2.60. The fourth-order valence-corrected chi connectivity index (χ4v) is 2.23. The fourth-order valence-electron chi connectivity index (χ4n) is 2.23. The van der Waals surface area contributed by atoms with E-state index in [1.54, 1.807) is 0 Å². The van der Waals surface area contributed by atoms with Crippen molar-refractivity contribution in [3.63, 3.8) is 0 Å². The standard InChI is InChI=1S/C17H6F12O5/c18-14(19,20)9-5-7(33-16(24,25)26)1-3-11(9)31-13(30)32-12-4-2-8(34-17(27,28)29)6-10(12)15(21,22)23/h1-6H. The highest BCUT2D eigenvalue weighted by molar-refractivity contribution is 5.69. The smallest absolute Gasteiger partial charge is 0.406 e. The average molecular weight is 518 g/mol. The molecule has 0 atom stereocenters. The Morgan fingerprint density at radius 2 is 0.882 bits per heavy atom. The molecule has 34 heavy (non-hydrogen) atoms. The number of hydrogen-bond donors (Lipinski definition) is 0. The third-order valence-electron chi connectivity index (χ3n) is 3.37. The van der Waals surface area contributed by atoms with Gasteiger partial charge in [0.2, 0.25) is 0 Å². The van der Waals surface area contributed by atoms with Crippen LogP contribution in [0.2, 0.25) is 0 Å². The highest BCUT2D eigenvalue weighted by Crippen LogP contribution is 2.41. The topological polar surface area (TPSA) is 54.0 Å². The molecule has 0 aliphatic carbocycles. The first-order valence-electron chi connectivity index (χ1n) is 8.08. The molecule has 2 aromatic rings. The van der Waals surface area contributed by atoms with Gasteiger partial charge in [0.25, 0.3) is 0 Å². The molecular formula is C17H6F12O5. The molecule has 2 aromatic carbocycles. The predicted octanol–water partition coefficient (Wildman–Crippen LogP) is 7.10. The number of carbonyl (C=O) groups excluding carboxylic acids is 1. The van der Waals surface area contributed by atoms with Gasteiger partial charge in [0.1, 0.15) is 34.1 Å². The molecule has 0 unspecified atom stereocenters. The van der Waals surface area contributed by atoms with E-state index in [0.29, 0.717) is 12.1 Å². The second-order valence-electron chi connectivity index (χ2n) is 5.86. The van der Waals surface area contributed by atoms with Gasteiger partial charge in [-0.3, -0.25) is 0 Å². The van der Waals surface area contributed by atoms with Crippen LogP contribution in [0.4, 0.5) is 57.5 Å². The quantitative estimate of drug-likeness (QED) is 0.246. The predicted molar refractivity (Wildman–Crippen MR) is 82.9 cm³/mol. The number of rotatable bonds is 4. The maximum Gasteiger partial charge on any atom is 0.573 e. The van der Waals surface area contributed by atoms with Gasteiger partial charge in [-0.2, -0.15) is 26.3 Å². The first-order valence-corrected chi connectivity index (χ1v) is 8.08. The van der Waals surface area contributed by atoms with Crippen LogP contribution in [0.1, 0.15) is 11.1 Å². The summed E-state index contributed by atoms with van der Waals surface area (Å²) in [6.45, 7) is 0. The number of halogens is 12. The molecule has 2 rings (SSSR count). The Balaban J connectivity index is 2.33. The van der Waals surface area contributed by atoms with Crippen LogP contribution in [0, 0.1) is 0 Å². The fraction of sp³-hybridized carbons (Fsp3) is 0.235. The van der Waals surface area contributed by atoms with Crippen LogP contribution in [-0.4, -0.2) is 18.9 Å². The Kier molecular flexibility index (Phi) is 7.09. The molecule has 0 heterocycles. The van der Waals surface area contributed by atoms with Crippen LogP contribution in [0.5, 0.6) is 23.0 Å². The molecule has 0 aromatic heterocycles. The molecule has 0 N–H and O–H groups in total. The van der Waals surface area contributed by atoms with Crippen LogP contribution >= 0.6 is 0 Å². The van der Waals surface area contributed by atoms with E-state index in [9.17, 15) is 57.5 Å². The summed E-state index contributed by atoms with van der Waals surface area (Å²) in [7, 11) is 0.